The molecule has 1 aliphatic rings. The Bertz CT molecular complexity index is 562. The molecular weight excluding hydrogens is 333 g/mol. The Morgan fingerprint density at radius 3 is 2.89 bits per heavy atom. The van der Waals surface area contributed by atoms with Crippen LogP contribution in [0.25, 0.3) is 0 Å². The van der Waals surface area contributed by atoms with Crippen molar-refractivity contribution in [1.82, 2.24) is 5.32 Å². The van der Waals surface area contributed by atoms with Gasteiger partial charge >= 0.3 is 0 Å². The Morgan fingerprint density at radius 1 is 1.53 bits per heavy atom. The maximum Gasteiger partial charge on any atom is 0.154 e. The van der Waals surface area contributed by atoms with Gasteiger partial charge in [-0.05, 0) is 38.0 Å². The molecule has 1 saturated heterocycles. The molecule has 0 bridgehead atoms. The number of hydrogen-bond acceptors (Lipinski definition) is 3. The predicted molar refractivity (Wildman–Crippen MR) is 77.3 cm³/mol. The van der Waals surface area contributed by atoms with Crippen molar-refractivity contribution in [2.24, 2.45) is 0 Å². The van der Waals surface area contributed by atoms with E-state index in [1.54, 1.807) is 12.1 Å². The highest BCUT2D eigenvalue weighted by molar-refractivity contribution is 9.10. The van der Waals surface area contributed by atoms with E-state index in [-0.39, 0.29) is 22.9 Å². The monoisotopic (exact) mass is 349 g/mol. The van der Waals surface area contributed by atoms with Gasteiger partial charge in [0.05, 0.1) is 11.0 Å². The second-order valence-electron chi connectivity index (χ2n) is 4.93. The van der Waals surface area contributed by atoms with Crippen molar-refractivity contribution in [2.75, 3.05) is 12.3 Å². The maximum absolute atomic E-state index is 13.7. The molecule has 0 aromatic heterocycles. The molecule has 1 aromatic rings. The van der Waals surface area contributed by atoms with E-state index in [1.807, 2.05) is 6.92 Å². The highest BCUT2D eigenvalue weighted by Crippen LogP contribution is 2.23. The topological polar surface area (TPSA) is 46.2 Å². The van der Waals surface area contributed by atoms with E-state index in [2.05, 4.69) is 21.2 Å². The molecule has 0 radical (unpaired) electrons. The summed E-state index contributed by atoms with van der Waals surface area (Å²) in [6, 6.07) is 4.56. The van der Waals surface area contributed by atoms with Crippen molar-refractivity contribution in [2.45, 2.75) is 31.1 Å². The third-order valence-corrected chi connectivity index (χ3v) is 6.31. The van der Waals surface area contributed by atoms with Crippen LogP contribution in [0, 0.1) is 5.82 Å². The molecule has 0 saturated carbocycles. The lowest BCUT2D eigenvalue weighted by atomic mass is 10.1. The zero-order chi connectivity index (χ0) is 14.0. The summed E-state index contributed by atoms with van der Waals surface area (Å²) in [6.45, 7) is 2.22. The van der Waals surface area contributed by atoms with Crippen molar-refractivity contribution in [3.8, 4) is 0 Å². The van der Waals surface area contributed by atoms with Gasteiger partial charge in [-0.3, -0.25) is 0 Å². The van der Waals surface area contributed by atoms with Crippen LogP contribution in [0.2, 0.25) is 0 Å². The van der Waals surface area contributed by atoms with E-state index < -0.39 is 9.84 Å². The number of nitrogens with one attached hydrogen (secondary N) is 1. The molecule has 6 heteroatoms. The van der Waals surface area contributed by atoms with Crippen LogP contribution in [0.4, 0.5) is 4.39 Å². The summed E-state index contributed by atoms with van der Waals surface area (Å²) >= 11 is 3.31. The normalized spacial score (nSPS) is 23.4. The summed E-state index contributed by atoms with van der Waals surface area (Å²) in [5, 5.41) is 2.80. The number of halogens is 2. The molecule has 0 aliphatic carbocycles. The van der Waals surface area contributed by atoms with Gasteiger partial charge in [0.2, 0.25) is 0 Å². The van der Waals surface area contributed by atoms with Gasteiger partial charge < -0.3 is 5.32 Å². The summed E-state index contributed by atoms with van der Waals surface area (Å²) in [6.07, 6.45) is 1.43. The van der Waals surface area contributed by atoms with Gasteiger partial charge in [0.15, 0.2) is 9.84 Å². The Labute approximate surface area is 121 Å². The molecule has 2 unspecified atom stereocenters. The number of benzene rings is 1. The fourth-order valence-corrected chi connectivity index (χ4v) is 4.51. The lowest BCUT2D eigenvalue weighted by Gasteiger charge is -2.18. The van der Waals surface area contributed by atoms with E-state index in [9.17, 15) is 12.8 Å². The number of sulfone groups is 1. The van der Waals surface area contributed by atoms with Crippen molar-refractivity contribution in [3.63, 3.8) is 0 Å². The Morgan fingerprint density at radius 2 is 2.26 bits per heavy atom. The van der Waals surface area contributed by atoms with Crippen molar-refractivity contribution < 1.29 is 12.8 Å². The molecule has 2 atom stereocenters. The third-order valence-electron chi connectivity index (χ3n) is 3.54. The Kier molecular flexibility index (Phi) is 4.63. The Balaban J connectivity index is 2.02. The minimum atomic E-state index is -2.95. The molecule has 3 nitrogen and oxygen atoms in total. The number of hydrogen-bond donors (Lipinski definition) is 1. The SMILES string of the molecule is CC(NCC1CCCS1(=O)=O)c1cc(Br)ccc1F. The van der Waals surface area contributed by atoms with E-state index in [4.69, 9.17) is 0 Å². The fraction of sp³-hybridized carbons (Fsp3) is 0.538. The maximum atomic E-state index is 13.7. The first kappa shape index (κ1) is 14.9. The summed E-state index contributed by atoms with van der Waals surface area (Å²) in [7, 11) is -2.95. The first-order chi connectivity index (χ1) is 8.90. The van der Waals surface area contributed by atoms with Gasteiger partial charge in [-0.2, -0.15) is 0 Å². The predicted octanol–water partition coefficient (Wildman–Crippen LogP) is 2.82. The fourth-order valence-electron chi connectivity index (χ4n) is 2.35. The van der Waals surface area contributed by atoms with Crippen molar-refractivity contribution in [1.29, 1.82) is 0 Å². The zero-order valence-electron chi connectivity index (χ0n) is 10.7. The van der Waals surface area contributed by atoms with Crippen LogP contribution in [0.5, 0.6) is 0 Å². The highest BCUT2D eigenvalue weighted by Gasteiger charge is 2.31. The standard InChI is InChI=1S/C13H17BrFNO2S/c1-9(12-7-10(14)4-5-13(12)15)16-8-11-3-2-6-19(11,17)18/h4-5,7,9,11,16H,2-3,6,8H2,1H3. The molecule has 1 heterocycles. The minimum absolute atomic E-state index is 0.215. The van der Waals surface area contributed by atoms with Crippen LogP contribution in [-0.4, -0.2) is 26.0 Å². The smallest absolute Gasteiger partial charge is 0.154 e. The molecule has 1 fully saturated rings. The Hall–Kier alpha value is -0.460. The van der Waals surface area contributed by atoms with Crippen LogP contribution >= 0.6 is 15.9 Å². The van der Waals surface area contributed by atoms with Crippen molar-refractivity contribution in [3.05, 3.63) is 34.1 Å². The molecule has 0 amide bonds. The van der Waals surface area contributed by atoms with Crippen LogP contribution in [-0.2, 0) is 9.84 Å². The highest BCUT2D eigenvalue weighted by atomic mass is 79.9. The quantitative estimate of drug-likeness (QED) is 0.908. The van der Waals surface area contributed by atoms with Gasteiger partial charge in [0.1, 0.15) is 5.82 Å². The van der Waals surface area contributed by atoms with Crippen LogP contribution in [0.3, 0.4) is 0 Å². The molecule has 1 aliphatic heterocycles. The molecular formula is C13H17BrFNO2S. The third kappa shape index (κ3) is 3.55. The van der Waals surface area contributed by atoms with Gasteiger partial charge in [-0.25, -0.2) is 12.8 Å². The van der Waals surface area contributed by atoms with E-state index in [0.717, 1.165) is 10.9 Å². The minimum Gasteiger partial charge on any atom is -0.309 e. The average molecular weight is 350 g/mol. The van der Waals surface area contributed by atoms with Gasteiger partial charge in [-0.1, -0.05) is 15.9 Å². The van der Waals surface area contributed by atoms with Crippen LogP contribution in [0.15, 0.2) is 22.7 Å². The summed E-state index contributed by atoms with van der Waals surface area (Å²) in [5.74, 6) is -0.00335. The zero-order valence-corrected chi connectivity index (χ0v) is 13.1. The number of rotatable bonds is 4. The summed E-state index contributed by atoms with van der Waals surface area (Å²) in [5.41, 5.74) is 0.546. The van der Waals surface area contributed by atoms with Crippen molar-refractivity contribution >= 4 is 25.8 Å². The average Bonchev–Trinajstić information content (AvgIpc) is 2.68. The summed E-state index contributed by atoms with van der Waals surface area (Å²) < 4.78 is 37.9. The van der Waals surface area contributed by atoms with Crippen LogP contribution < -0.4 is 5.32 Å². The lowest BCUT2D eigenvalue weighted by Crippen LogP contribution is -2.32. The van der Waals surface area contributed by atoms with E-state index in [0.29, 0.717) is 18.5 Å². The molecule has 2 rings (SSSR count). The van der Waals surface area contributed by atoms with E-state index in [1.165, 1.54) is 6.07 Å². The molecule has 1 aromatic carbocycles. The molecule has 1 N–H and O–H groups in total. The lowest BCUT2D eigenvalue weighted by molar-refractivity contribution is 0.513. The molecule has 106 valence electrons. The van der Waals surface area contributed by atoms with Gasteiger partial charge in [0, 0.05) is 22.6 Å². The second kappa shape index (κ2) is 5.89. The largest absolute Gasteiger partial charge is 0.309 e. The molecule has 0 spiro atoms. The first-order valence-corrected chi connectivity index (χ1v) is 8.81. The van der Waals surface area contributed by atoms with Gasteiger partial charge in [0.25, 0.3) is 0 Å². The van der Waals surface area contributed by atoms with E-state index >= 15 is 0 Å². The molecule has 19 heavy (non-hydrogen) atoms. The second-order valence-corrected chi connectivity index (χ2v) is 8.24. The first-order valence-electron chi connectivity index (χ1n) is 6.30. The van der Waals surface area contributed by atoms with Gasteiger partial charge in [-0.15, -0.1) is 0 Å². The summed E-state index contributed by atoms with van der Waals surface area (Å²) in [4.78, 5) is 0. The van der Waals surface area contributed by atoms with Crippen LogP contribution in [0.1, 0.15) is 31.4 Å².